The Labute approximate surface area is 104 Å². The third-order valence-electron chi connectivity index (χ3n) is 3.63. The van der Waals surface area contributed by atoms with Crippen molar-refractivity contribution in [1.82, 2.24) is 4.90 Å². The summed E-state index contributed by atoms with van der Waals surface area (Å²) >= 11 is 0. The molecule has 1 unspecified atom stereocenters. The van der Waals surface area contributed by atoms with Gasteiger partial charge in [0.2, 0.25) is 5.91 Å². The molecule has 1 aliphatic carbocycles. The number of nitrogens with two attached hydrogens (primary N) is 1. The Morgan fingerprint density at radius 3 is 2.53 bits per heavy atom. The zero-order chi connectivity index (χ0) is 12.8. The van der Waals surface area contributed by atoms with Crippen molar-refractivity contribution in [2.24, 2.45) is 17.6 Å². The number of likely N-dealkylation sites (N-methyl/N-ethyl adjacent to an activating group) is 1. The van der Waals surface area contributed by atoms with Crippen LogP contribution in [-0.2, 0) is 9.53 Å². The van der Waals surface area contributed by atoms with Gasteiger partial charge in [0.05, 0.1) is 6.61 Å². The third kappa shape index (κ3) is 4.64. The van der Waals surface area contributed by atoms with Gasteiger partial charge in [0.25, 0.3) is 0 Å². The van der Waals surface area contributed by atoms with Crippen LogP contribution in [0, 0.1) is 11.8 Å². The van der Waals surface area contributed by atoms with E-state index in [1.165, 1.54) is 12.8 Å². The fourth-order valence-electron chi connectivity index (χ4n) is 2.53. The summed E-state index contributed by atoms with van der Waals surface area (Å²) in [6.07, 6.45) is 4.41. The number of amides is 1. The predicted molar refractivity (Wildman–Crippen MR) is 68.6 cm³/mol. The molecule has 0 aromatic rings. The summed E-state index contributed by atoms with van der Waals surface area (Å²) in [7, 11) is 3.47. The molecular formula is C13H26N2O2. The van der Waals surface area contributed by atoms with Gasteiger partial charge in [0, 0.05) is 32.7 Å². The van der Waals surface area contributed by atoms with Gasteiger partial charge in [0.1, 0.15) is 0 Å². The van der Waals surface area contributed by atoms with Gasteiger partial charge >= 0.3 is 0 Å². The van der Waals surface area contributed by atoms with E-state index in [9.17, 15) is 4.79 Å². The fraction of sp³-hybridized carbons (Fsp3) is 0.923. The van der Waals surface area contributed by atoms with Gasteiger partial charge in [-0.15, -0.1) is 0 Å². The number of carbonyl (C=O) groups excluding carboxylic acids is 1. The lowest BCUT2D eigenvalue weighted by Gasteiger charge is -2.30. The molecule has 0 radical (unpaired) electrons. The smallest absolute Gasteiger partial charge is 0.225 e. The highest BCUT2D eigenvalue weighted by Crippen LogP contribution is 2.29. The van der Waals surface area contributed by atoms with Crippen molar-refractivity contribution in [1.29, 1.82) is 0 Å². The number of hydrogen-bond acceptors (Lipinski definition) is 3. The first-order valence-electron chi connectivity index (χ1n) is 6.54. The van der Waals surface area contributed by atoms with Crippen LogP contribution < -0.4 is 5.73 Å². The van der Waals surface area contributed by atoms with Crippen LogP contribution >= 0.6 is 0 Å². The van der Waals surface area contributed by atoms with Crippen molar-refractivity contribution in [3.63, 3.8) is 0 Å². The molecule has 1 rings (SSSR count). The maximum atomic E-state index is 12.2. The molecule has 0 spiro atoms. The highest BCUT2D eigenvalue weighted by molar-refractivity contribution is 5.78. The topological polar surface area (TPSA) is 55.6 Å². The summed E-state index contributed by atoms with van der Waals surface area (Å²) in [4.78, 5) is 13.9. The van der Waals surface area contributed by atoms with Gasteiger partial charge in [-0.2, -0.15) is 0 Å². The minimum atomic E-state index is -0.0866. The summed E-state index contributed by atoms with van der Waals surface area (Å²) in [6.45, 7) is 3.34. The monoisotopic (exact) mass is 242 g/mol. The lowest BCUT2D eigenvalue weighted by atomic mass is 9.82. The second-order valence-electron chi connectivity index (χ2n) is 5.39. The van der Waals surface area contributed by atoms with E-state index in [1.54, 1.807) is 12.0 Å². The number of methoxy groups -OCH3 is 1. The van der Waals surface area contributed by atoms with Crippen molar-refractivity contribution in [3.05, 3.63) is 0 Å². The Kier molecular flexibility index (Phi) is 5.92. The average Bonchev–Trinajstić information content (AvgIpc) is 2.29. The first-order valence-corrected chi connectivity index (χ1v) is 6.54. The normalized spacial score (nSPS) is 26.6. The zero-order valence-corrected chi connectivity index (χ0v) is 11.3. The van der Waals surface area contributed by atoms with E-state index in [4.69, 9.17) is 10.5 Å². The van der Waals surface area contributed by atoms with Crippen molar-refractivity contribution in [2.75, 3.05) is 27.3 Å². The Morgan fingerprint density at radius 1 is 1.41 bits per heavy atom. The van der Waals surface area contributed by atoms with Crippen LogP contribution in [0.4, 0.5) is 0 Å². The first-order chi connectivity index (χ1) is 8.04. The number of carbonyl (C=O) groups is 1. The lowest BCUT2D eigenvalue weighted by molar-refractivity contribution is -0.135. The highest BCUT2D eigenvalue weighted by Gasteiger charge is 2.27. The number of nitrogens with zero attached hydrogens (tertiary/aromatic N) is 1. The highest BCUT2D eigenvalue weighted by atomic mass is 16.5. The van der Waals surface area contributed by atoms with E-state index in [2.05, 4.69) is 6.92 Å². The van der Waals surface area contributed by atoms with Crippen molar-refractivity contribution >= 4 is 5.91 Å². The Hall–Kier alpha value is -0.610. The quantitative estimate of drug-likeness (QED) is 0.789. The second kappa shape index (κ2) is 6.97. The molecule has 100 valence electrons. The van der Waals surface area contributed by atoms with Crippen LogP contribution in [0.1, 0.15) is 32.6 Å². The molecule has 0 heterocycles. The summed E-state index contributed by atoms with van der Waals surface area (Å²) < 4.78 is 4.98. The molecule has 4 heteroatoms. The molecule has 0 bridgehead atoms. The average molecular weight is 242 g/mol. The van der Waals surface area contributed by atoms with E-state index in [0.29, 0.717) is 13.2 Å². The standard InChI is InChI=1S/C13H26N2O2/c1-10-4-6-11(7-5-10)13(16)15(2)8-12(14)9-17-3/h10-12H,4-9,14H2,1-3H3. The van der Waals surface area contributed by atoms with Crippen molar-refractivity contribution in [3.8, 4) is 0 Å². The molecule has 17 heavy (non-hydrogen) atoms. The third-order valence-corrected chi connectivity index (χ3v) is 3.63. The van der Waals surface area contributed by atoms with Crippen LogP contribution in [-0.4, -0.2) is 44.2 Å². The molecule has 0 aliphatic heterocycles. The maximum absolute atomic E-state index is 12.2. The largest absolute Gasteiger partial charge is 0.383 e. The first kappa shape index (κ1) is 14.5. The van der Waals surface area contributed by atoms with E-state index in [0.717, 1.165) is 18.8 Å². The molecule has 1 saturated carbocycles. The SMILES string of the molecule is COCC(N)CN(C)C(=O)C1CCC(C)CC1. The Morgan fingerprint density at radius 2 is 2.00 bits per heavy atom. The molecule has 4 nitrogen and oxygen atoms in total. The molecular weight excluding hydrogens is 216 g/mol. The van der Waals surface area contributed by atoms with Crippen LogP contribution in [0.15, 0.2) is 0 Å². The van der Waals surface area contributed by atoms with Gasteiger partial charge in [-0.05, 0) is 31.6 Å². The molecule has 1 amide bonds. The predicted octanol–water partition coefficient (Wildman–Crippen LogP) is 1.24. The summed E-state index contributed by atoms with van der Waals surface area (Å²) in [5.74, 6) is 1.24. The minimum Gasteiger partial charge on any atom is -0.383 e. The van der Waals surface area contributed by atoms with E-state index in [-0.39, 0.29) is 17.9 Å². The van der Waals surface area contributed by atoms with Gasteiger partial charge < -0.3 is 15.4 Å². The molecule has 0 aromatic carbocycles. The Balaban J connectivity index is 2.35. The number of rotatable bonds is 5. The van der Waals surface area contributed by atoms with E-state index in [1.807, 2.05) is 7.05 Å². The molecule has 2 N–H and O–H groups in total. The maximum Gasteiger partial charge on any atom is 0.225 e. The fourth-order valence-corrected chi connectivity index (χ4v) is 2.53. The minimum absolute atomic E-state index is 0.0866. The molecule has 0 saturated heterocycles. The summed E-state index contributed by atoms with van der Waals surface area (Å²) in [5.41, 5.74) is 5.86. The van der Waals surface area contributed by atoms with Gasteiger partial charge in [-0.1, -0.05) is 6.92 Å². The van der Waals surface area contributed by atoms with Crippen molar-refractivity contribution in [2.45, 2.75) is 38.6 Å². The van der Waals surface area contributed by atoms with Gasteiger partial charge in [0.15, 0.2) is 0 Å². The summed E-state index contributed by atoms with van der Waals surface area (Å²) in [5, 5.41) is 0. The molecule has 1 aliphatic rings. The molecule has 0 aromatic heterocycles. The zero-order valence-electron chi connectivity index (χ0n) is 11.3. The molecule has 1 fully saturated rings. The van der Waals surface area contributed by atoms with Crippen LogP contribution in [0.5, 0.6) is 0 Å². The van der Waals surface area contributed by atoms with Crippen LogP contribution in [0.2, 0.25) is 0 Å². The van der Waals surface area contributed by atoms with E-state index < -0.39 is 0 Å². The number of ether oxygens (including phenoxy) is 1. The van der Waals surface area contributed by atoms with Gasteiger partial charge in [-0.3, -0.25) is 4.79 Å². The lowest BCUT2D eigenvalue weighted by Crippen LogP contribution is -2.43. The number of hydrogen-bond donors (Lipinski definition) is 1. The van der Waals surface area contributed by atoms with E-state index >= 15 is 0 Å². The van der Waals surface area contributed by atoms with Gasteiger partial charge in [-0.25, -0.2) is 0 Å². The summed E-state index contributed by atoms with van der Waals surface area (Å²) in [6, 6.07) is -0.0866. The van der Waals surface area contributed by atoms with Crippen molar-refractivity contribution < 1.29 is 9.53 Å². The molecule has 1 atom stereocenters. The van der Waals surface area contributed by atoms with Crippen LogP contribution in [0.3, 0.4) is 0 Å². The Bertz CT molecular complexity index is 238. The second-order valence-corrected chi connectivity index (χ2v) is 5.39. The van der Waals surface area contributed by atoms with Crippen LogP contribution in [0.25, 0.3) is 0 Å².